The average molecular weight is 355 g/mol. The molecule has 0 spiro atoms. The molecule has 0 nitrogen and oxygen atoms in total. The zero-order valence-electron chi connectivity index (χ0n) is 14.4. The molecule has 0 unspecified atom stereocenters. The molecule has 0 saturated heterocycles. The SMILES string of the molecule is CCc1ccc([S+](c2ccc(CC)cc2)c2ccc(F)cc2F)cc1. The molecule has 0 fully saturated rings. The first kappa shape index (κ1) is 17.7. The lowest BCUT2D eigenvalue weighted by Gasteiger charge is -2.10. The molecule has 0 heterocycles. The lowest BCUT2D eigenvalue weighted by molar-refractivity contribution is 0.565. The smallest absolute Gasteiger partial charge is 0.202 e. The summed E-state index contributed by atoms with van der Waals surface area (Å²) in [4.78, 5) is 2.59. The van der Waals surface area contributed by atoms with Crippen molar-refractivity contribution in [1.29, 1.82) is 0 Å². The summed E-state index contributed by atoms with van der Waals surface area (Å²) in [5, 5.41) is 0. The van der Waals surface area contributed by atoms with Gasteiger partial charge in [-0.1, -0.05) is 38.1 Å². The number of benzene rings is 3. The van der Waals surface area contributed by atoms with Crippen LogP contribution in [0.2, 0.25) is 0 Å². The van der Waals surface area contributed by atoms with Crippen LogP contribution in [0.3, 0.4) is 0 Å². The standard InChI is InChI=1S/C22H21F2S/c1-3-16-5-10-19(11-6-16)25(20-12-7-17(4-2)8-13-20)22-14-9-18(23)15-21(22)24/h5-15H,3-4H2,1-2H3/q+1. The van der Waals surface area contributed by atoms with Crippen LogP contribution < -0.4 is 0 Å². The Kier molecular flexibility index (Phi) is 5.54. The van der Waals surface area contributed by atoms with Crippen molar-refractivity contribution >= 4 is 10.9 Å². The van der Waals surface area contributed by atoms with Gasteiger partial charge in [0.15, 0.2) is 15.6 Å². The predicted octanol–water partition coefficient (Wildman–Crippen LogP) is 6.19. The third kappa shape index (κ3) is 3.93. The van der Waals surface area contributed by atoms with Gasteiger partial charge in [-0.25, -0.2) is 8.78 Å². The third-order valence-electron chi connectivity index (χ3n) is 4.25. The molecular formula is C22H21F2S+. The Morgan fingerprint density at radius 1 is 0.680 bits per heavy atom. The number of halogens is 2. The first-order valence-electron chi connectivity index (χ1n) is 8.49. The van der Waals surface area contributed by atoms with E-state index in [1.807, 2.05) is 0 Å². The minimum atomic E-state index is -0.597. The maximum Gasteiger partial charge on any atom is 0.202 e. The zero-order valence-corrected chi connectivity index (χ0v) is 15.2. The van der Waals surface area contributed by atoms with Gasteiger partial charge in [0.1, 0.15) is 16.7 Å². The van der Waals surface area contributed by atoms with Crippen LogP contribution in [-0.2, 0) is 23.7 Å². The lowest BCUT2D eigenvalue weighted by Crippen LogP contribution is -2.07. The van der Waals surface area contributed by atoms with Crippen molar-refractivity contribution < 1.29 is 8.78 Å². The van der Waals surface area contributed by atoms with Crippen molar-refractivity contribution in [2.45, 2.75) is 41.4 Å². The second-order valence-electron chi connectivity index (χ2n) is 5.88. The van der Waals surface area contributed by atoms with Crippen molar-refractivity contribution in [2.24, 2.45) is 0 Å². The first-order valence-corrected chi connectivity index (χ1v) is 9.72. The molecule has 0 N–H and O–H groups in total. The van der Waals surface area contributed by atoms with Gasteiger partial charge in [-0.2, -0.15) is 0 Å². The monoisotopic (exact) mass is 355 g/mol. The van der Waals surface area contributed by atoms with Crippen LogP contribution in [0.4, 0.5) is 8.78 Å². The third-order valence-corrected chi connectivity index (χ3v) is 6.51. The van der Waals surface area contributed by atoms with E-state index in [4.69, 9.17) is 0 Å². The van der Waals surface area contributed by atoms with E-state index >= 15 is 0 Å². The van der Waals surface area contributed by atoms with Gasteiger partial charge >= 0.3 is 0 Å². The molecule has 0 atom stereocenters. The molecular weight excluding hydrogens is 334 g/mol. The van der Waals surface area contributed by atoms with Gasteiger partial charge in [0.2, 0.25) is 4.90 Å². The Morgan fingerprint density at radius 3 is 1.56 bits per heavy atom. The summed E-state index contributed by atoms with van der Waals surface area (Å²) in [6.45, 7) is 4.22. The molecule has 0 aromatic heterocycles. The topological polar surface area (TPSA) is 0 Å². The summed E-state index contributed by atoms with van der Waals surface area (Å²) < 4.78 is 27.9. The highest BCUT2D eigenvalue weighted by molar-refractivity contribution is 7.97. The number of rotatable bonds is 5. The van der Waals surface area contributed by atoms with Gasteiger partial charge in [0.25, 0.3) is 0 Å². The summed E-state index contributed by atoms with van der Waals surface area (Å²) in [7, 11) is -0.597. The molecule has 3 rings (SSSR count). The molecule has 0 aliphatic rings. The van der Waals surface area contributed by atoms with Crippen molar-refractivity contribution in [3.8, 4) is 0 Å². The lowest BCUT2D eigenvalue weighted by atomic mass is 10.2. The summed E-state index contributed by atoms with van der Waals surface area (Å²) >= 11 is 0. The van der Waals surface area contributed by atoms with Gasteiger partial charge in [-0.05, 0) is 54.3 Å². The maximum absolute atomic E-state index is 14.5. The fraction of sp³-hybridized carbons (Fsp3) is 0.182. The van der Waals surface area contributed by atoms with Crippen molar-refractivity contribution in [3.05, 3.63) is 89.5 Å². The Hall–Kier alpha value is -2.13. The molecule has 0 bridgehead atoms. The molecule has 0 radical (unpaired) electrons. The van der Waals surface area contributed by atoms with Gasteiger partial charge in [0.05, 0.1) is 0 Å². The molecule has 0 aliphatic carbocycles. The van der Waals surface area contributed by atoms with E-state index in [2.05, 4.69) is 62.4 Å². The molecule has 0 saturated carbocycles. The number of hydrogen-bond acceptors (Lipinski definition) is 0. The number of aryl methyl sites for hydroxylation is 2. The largest absolute Gasteiger partial charge is 0.207 e. The zero-order chi connectivity index (χ0) is 17.8. The van der Waals surface area contributed by atoms with E-state index in [0.29, 0.717) is 4.90 Å². The summed E-state index contributed by atoms with van der Waals surface area (Å²) in [5.41, 5.74) is 2.49. The van der Waals surface area contributed by atoms with E-state index in [1.165, 1.54) is 17.2 Å². The van der Waals surface area contributed by atoms with Gasteiger partial charge in [0, 0.05) is 12.1 Å². The van der Waals surface area contributed by atoms with Crippen molar-refractivity contribution in [2.75, 3.05) is 0 Å². The van der Waals surface area contributed by atoms with Crippen LogP contribution in [0.25, 0.3) is 0 Å². The molecule has 3 heteroatoms. The highest BCUT2D eigenvalue weighted by atomic mass is 32.2. The van der Waals surface area contributed by atoms with E-state index in [1.54, 1.807) is 6.07 Å². The van der Waals surface area contributed by atoms with Crippen LogP contribution in [0, 0.1) is 11.6 Å². The summed E-state index contributed by atoms with van der Waals surface area (Å²) in [6, 6.07) is 20.4. The summed E-state index contributed by atoms with van der Waals surface area (Å²) in [6.07, 6.45) is 1.92. The Bertz CT molecular complexity index is 791. The molecule has 3 aromatic carbocycles. The van der Waals surface area contributed by atoms with E-state index < -0.39 is 22.5 Å². The Balaban J connectivity index is 2.12. The molecule has 0 aliphatic heterocycles. The number of hydrogen-bond donors (Lipinski definition) is 0. The minimum absolute atomic E-state index is 0.498. The van der Waals surface area contributed by atoms with Crippen LogP contribution in [-0.4, -0.2) is 0 Å². The predicted molar refractivity (Wildman–Crippen MR) is 100 cm³/mol. The normalized spacial score (nSPS) is 11.1. The quantitative estimate of drug-likeness (QED) is 0.479. The molecule has 128 valence electrons. The Morgan fingerprint density at radius 2 is 1.16 bits per heavy atom. The van der Waals surface area contributed by atoms with Crippen molar-refractivity contribution in [3.63, 3.8) is 0 Å². The fourth-order valence-electron chi connectivity index (χ4n) is 2.75. The molecule has 3 aromatic rings. The van der Waals surface area contributed by atoms with E-state index in [-0.39, 0.29) is 0 Å². The van der Waals surface area contributed by atoms with Crippen LogP contribution in [0.5, 0.6) is 0 Å². The maximum atomic E-state index is 14.5. The van der Waals surface area contributed by atoms with Crippen LogP contribution in [0.1, 0.15) is 25.0 Å². The average Bonchev–Trinajstić information content (AvgIpc) is 2.65. The van der Waals surface area contributed by atoms with Crippen LogP contribution in [0.15, 0.2) is 81.4 Å². The minimum Gasteiger partial charge on any atom is -0.207 e. The summed E-state index contributed by atoms with van der Waals surface area (Å²) in [5.74, 6) is -1.05. The second-order valence-corrected chi connectivity index (χ2v) is 7.87. The van der Waals surface area contributed by atoms with E-state index in [0.717, 1.165) is 28.7 Å². The van der Waals surface area contributed by atoms with Crippen LogP contribution >= 0.6 is 0 Å². The second kappa shape index (κ2) is 7.83. The molecule has 0 amide bonds. The highest BCUT2D eigenvalue weighted by Gasteiger charge is 2.32. The van der Waals surface area contributed by atoms with E-state index in [9.17, 15) is 8.78 Å². The first-order chi connectivity index (χ1) is 12.1. The fourth-order valence-corrected chi connectivity index (χ4v) is 4.81. The van der Waals surface area contributed by atoms with Gasteiger partial charge in [-0.3, -0.25) is 0 Å². The van der Waals surface area contributed by atoms with Gasteiger partial charge in [-0.15, -0.1) is 0 Å². The highest BCUT2D eigenvalue weighted by Crippen LogP contribution is 2.33. The van der Waals surface area contributed by atoms with Gasteiger partial charge < -0.3 is 0 Å². The van der Waals surface area contributed by atoms with Crippen molar-refractivity contribution in [1.82, 2.24) is 0 Å². The Labute approximate surface area is 150 Å². The molecule has 25 heavy (non-hydrogen) atoms.